The van der Waals surface area contributed by atoms with Crippen molar-refractivity contribution < 1.29 is 4.74 Å². The topological polar surface area (TPSA) is 36.3 Å². The molecular formula is C15H20N2O. The lowest BCUT2D eigenvalue weighted by molar-refractivity contribution is 0.329. The molecule has 18 heavy (non-hydrogen) atoms. The van der Waals surface area contributed by atoms with Crippen molar-refractivity contribution in [1.29, 1.82) is 5.26 Å². The normalized spacial score (nSPS) is 19.7. The number of benzene rings is 1. The summed E-state index contributed by atoms with van der Waals surface area (Å²) in [5.74, 6) is 1.57. The molecule has 96 valence electrons. The number of nitrogens with zero attached hydrogens (tertiary/aromatic N) is 2. The molecule has 1 fully saturated rings. The minimum absolute atomic E-state index is 0.572. The van der Waals surface area contributed by atoms with Gasteiger partial charge in [-0.3, -0.25) is 0 Å². The van der Waals surface area contributed by atoms with Crippen LogP contribution in [0.15, 0.2) is 24.3 Å². The van der Waals surface area contributed by atoms with E-state index in [0.717, 1.165) is 31.8 Å². The van der Waals surface area contributed by atoms with Gasteiger partial charge in [0.15, 0.2) is 0 Å². The first-order chi connectivity index (χ1) is 8.85. The molecule has 0 amide bonds. The molecule has 3 heteroatoms. The van der Waals surface area contributed by atoms with Gasteiger partial charge in [0.05, 0.1) is 13.2 Å². The van der Waals surface area contributed by atoms with Gasteiger partial charge in [-0.05, 0) is 37.6 Å². The van der Waals surface area contributed by atoms with E-state index in [4.69, 9.17) is 10.00 Å². The van der Waals surface area contributed by atoms with E-state index in [1.54, 1.807) is 7.11 Å². The molecule has 0 bridgehead atoms. The maximum Gasteiger partial charge on any atom is 0.122 e. The third-order valence-corrected chi connectivity index (χ3v) is 3.61. The second-order valence-corrected chi connectivity index (χ2v) is 4.79. The number of methoxy groups -OCH3 is 1. The minimum Gasteiger partial charge on any atom is -0.496 e. The highest BCUT2D eigenvalue weighted by atomic mass is 16.5. The molecule has 2 rings (SSSR count). The van der Waals surface area contributed by atoms with Crippen LogP contribution in [0.5, 0.6) is 5.75 Å². The van der Waals surface area contributed by atoms with Crippen molar-refractivity contribution in [3.8, 4) is 11.8 Å². The number of para-hydroxylation sites is 1. The van der Waals surface area contributed by atoms with E-state index in [1.807, 2.05) is 12.1 Å². The molecule has 1 heterocycles. The lowest BCUT2D eigenvalue weighted by Gasteiger charge is -2.16. The van der Waals surface area contributed by atoms with Crippen LogP contribution >= 0.6 is 0 Å². The van der Waals surface area contributed by atoms with Crippen LogP contribution < -0.4 is 4.74 Å². The van der Waals surface area contributed by atoms with Crippen LogP contribution in [0.1, 0.15) is 30.7 Å². The number of unbranched alkanes of at least 4 members (excludes halogenated alkanes) is 1. The van der Waals surface area contributed by atoms with E-state index in [9.17, 15) is 0 Å². The molecule has 1 aliphatic rings. The predicted octanol–water partition coefficient (Wildman–Crippen LogP) is 2.79. The Balaban J connectivity index is 1.94. The van der Waals surface area contributed by atoms with E-state index < -0.39 is 0 Å². The highest BCUT2D eigenvalue weighted by Gasteiger charge is 2.25. The summed E-state index contributed by atoms with van der Waals surface area (Å²) < 4.78 is 5.43. The van der Waals surface area contributed by atoms with Crippen LogP contribution in [0, 0.1) is 11.3 Å². The molecule has 0 N–H and O–H groups in total. The Bertz CT molecular complexity index is 425. The van der Waals surface area contributed by atoms with Gasteiger partial charge in [0.2, 0.25) is 0 Å². The fourth-order valence-corrected chi connectivity index (χ4v) is 2.68. The van der Waals surface area contributed by atoms with Crippen molar-refractivity contribution in [3.63, 3.8) is 0 Å². The van der Waals surface area contributed by atoms with Crippen LogP contribution in [0.25, 0.3) is 0 Å². The van der Waals surface area contributed by atoms with Crippen LogP contribution in [0.2, 0.25) is 0 Å². The fourth-order valence-electron chi connectivity index (χ4n) is 2.68. The highest BCUT2D eigenvalue weighted by molar-refractivity contribution is 5.36. The predicted molar refractivity (Wildman–Crippen MR) is 71.6 cm³/mol. The number of likely N-dealkylation sites (tertiary alicyclic amines) is 1. The van der Waals surface area contributed by atoms with Crippen molar-refractivity contribution >= 4 is 0 Å². The second-order valence-electron chi connectivity index (χ2n) is 4.79. The molecule has 1 aliphatic heterocycles. The summed E-state index contributed by atoms with van der Waals surface area (Å²) in [5.41, 5.74) is 1.32. The maximum atomic E-state index is 8.55. The third kappa shape index (κ3) is 3.02. The van der Waals surface area contributed by atoms with Gasteiger partial charge >= 0.3 is 0 Å². The molecule has 1 saturated heterocycles. The van der Waals surface area contributed by atoms with E-state index >= 15 is 0 Å². The van der Waals surface area contributed by atoms with E-state index in [2.05, 4.69) is 23.1 Å². The molecule has 0 spiro atoms. The first-order valence-electron chi connectivity index (χ1n) is 6.57. The zero-order chi connectivity index (χ0) is 12.8. The quantitative estimate of drug-likeness (QED) is 0.747. The average molecular weight is 244 g/mol. The number of nitriles is 1. The Kier molecular flexibility index (Phi) is 4.60. The van der Waals surface area contributed by atoms with Crippen molar-refractivity contribution in [2.24, 2.45) is 0 Å². The first-order valence-corrected chi connectivity index (χ1v) is 6.57. The number of ether oxygens (including phenoxy) is 1. The summed E-state index contributed by atoms with van der Waals surface area (Å²) >= 11 is 0. The Morgan fingerprint density at radius 1 is 1.44 bits per heavy atom. The molecule has 1 atom stereocenters. The summed E-state index contributed by atoms with van der Waals surface area (Å²) in [4.78, 5) is 2.45. The van der Waals surface area contributed by atoms with Crippen molar-refractivity contribution in [1.82, 2.24) is 4.90 Å². The summed E-state index contributed by atoms with van der Waals surface area (Å²) in [6.07, 6.45) is 2.83. The molecule has 0 saturated carbocycles. The van der Waals surface area contributed by atoms with Gasteiger partial charge in [-0.15, -0.1) is 0 Å². The largest absolute Gasteiger partial charge is 0.496 e. The van der Waals surface area contributed by atoms with Gasteiger partial charge in [0.25, 0.3) is 0 Å². The Hall–Kier alpha value is -1.53. The minimum atomic E-state index is 0.572. The van der Waals surface area contributed by atoms with Gasteiger partial charge in [-0.25, -0.2) is 0 Å². The summed E-state index contributed by atoms with van der Waals surface area (Å²) in [6, 6.07) is 10.5. The van der Waals surface area contributed by atoms with Crippen LogP contribution in [0.4, 0.5) is 0 Å². The summed E-state index contributed by atoms with van der Waals surface area (Å²) in [7, 11) is 1.73. The van der Waals surface area contributed by atoms with E-state index in [0.29, 0.717) is 12.3 Å². The highest BCUT2D eigenvalue weighted by Crippen LogP contribution is 2.33. The number of hydrogen-bond acceptors (Lipinski definition) is 3. The molecule has 3 nitrogen and oxygen atoms in total. The lowest BCUT2D eigenvalue weighted by atomic mass is 9.97. The third-order valence-electron chi connectivity index (χ3n) is 3.61. The Morgan fingerprint density at radius 3 is 3.06 bits per heavy atom. The lowest BCUT2D eigenvalue weighted by Crippen LogP contribution is -2.21. The van der Waals surface area contributed by atoms with Crippen molar-refractivity contribution in [2.75, 3.05) is 26.7 Å². The molecule has 0 radical (unpaired) electrons. The van der Waals surface area contributed by atoms with E-state index in [-0.39, 0.29) is 0 Å². The van der Waals surface area contributed by atoms with Crippen LogP contribution in [0.3, 0.4) is 0 Å². The van der Waals surface area contributed by atoms with Crippen LogP contribution in [-0.4, -0.2) is 31.6 Å². The SMILES string of the molecule is COc1ccccc1C1CCN(CCCC#N)C1. The Labute approximate surface area is 109 Å². The smallest absolute Gasteiger partial charge is 0.122 e. The standard InChI is InChI=1S/C15H20N2O/c1-18-15-7-3-2-6-14(15)13-8-11-17(12-13)10-5-4-9-16/h2-3,6-7,13H,4-5,8,10-12H2,1H3. The molecule has 1 aromatic carbocycles. The zero-order valence-electron chi connectivity index (χ0n) is 10.9. The average Bonchev–Trinajstić information content (AvgIpc) is 2.88. The fraction of sp³-hybridized carbons (Fsp3) is 0.533. The monoisotopic (exact) mass is 244 g/mol. The van der Waals surface area contributed by atoms with E-state index in [1.165, 1.54) is 12.0 Å². The van der Waals surface area contributed by atoms with Gasteiger partial charge in [0.1, 0.15) is 5.75 Å². The Morgan fingerprint density at radius 2 is 2.28 bits per heavy atom. The molecular weight excluding hydrogens is 224 g/mol. The van der Waals surface area contributed by atoms with Gasteiger partial charge < -0.3 is 9.64 Å². The van der Waals surface area contributed by atoms with Gasteiger partial charge in [-0.2, -0.15) is 5.26 Å². The van der Waals surface area contributed by atoms with Crippen LogP contribution in [-0.2, 0) is 0 Å². The molecule has 0 aromatic heterocycles. The van der Waals surface area contributed by atoms with Crippen molar-refractivity contribution in [3.05, 3.63) is 29.8 Å². The zero-order valence-corrected chi connectivity index (χ0v) is 10.9. The summed E-state index contributed by atoms with van der Waals surface area (Å²) in [6.45, 7) is 3.26. The first kappa shape index (κ1) is 12.9. The summed E-state index contributed by atoms with van der Waals surface area (Å²) in [5, 5.41) is 8.55. The molecule has 0 aliphatic carbocycles. The van der Waals surface area contributed by atoms with Gasteiger partial charge in [0, 0.05) is 18.9 Å². The number of hydrogen-bond donors (Lipinski definition) is 0. The molecule has 1 unspecified atom stereocenters. The van der Waals surface area contributed by atoms with Crippen molar-refractivity contribution in [2.45, 2.75) is 25.2 Å². The maximum absolute atomic E-state index is 8.55. The number of rotatable bonds is 5. The van der Waals surface area contributed by atoms with Gasteiger partial charge in [-0.1, -0.05) is 18.2 Å². The second kappa shape index (κ2) is 6.42. The molecule has 1 aromatic rings.